The van der Waals surface area contributed by atoms with Gasteiger partial charge >= 0.3 is 5.91 Å². The van der Waals surface area contributed by atoms with Crippen LogP contribution in [0, 0.1) is 5.82 Å². The number of halogens is 3. The molecule has 156 valence electrons. The largest absolute Gasteiger partial charge is 0.334 e. The molecule has 2 atom stereocenters. The van der Waals surface area contributed by atoms with E-state index in [2.05, 4.69) is 26.7 Å². The van der Waals surface area contributed by atoms with Gasteiger partial charge in [0.2, 0.25) is 12.3 Å². The Morgan fingerprint density at radius 1 is 1.03 bits per heavy atom. The number of hydrogen-bond donors (Lipinski definition) is 2. The lowest BCUT2D eigenvalue weighted by Crippen LogP contribution is -2.42. The fourth-order valence-corrected chi connectivity index (χ4v) is 3.77. The quantitative estimate of drug-likeness (QED) is 0.525. The van der Waals surface area contributed by atoms with Gasteiger partial charge in [0.15, 0.2) is 6.04 Å². The number of hydrazine groups is 1. The van der Waals surface area contributed by atoms with Gasteiger partial charge in [0.05, 0.1) is 0 Å². The third-order valence-corrected chi connectivity index (χ3v) is 5.68. The van der Waals surface area contributed by atoms with E-state index in [1.165, 1.54) is 24.3 Å². The second-order valence-electron chi connectivity index (χ2n) is 7.02. The lowest BCUT2D eigenvalue weighted by Gasteiger charge is -2.15. The van der Waals surface area contributed by atoms with Crippen molar-refractivity contribution >= 4 is 45.6 Å². The summed E-state index contributed by atoms with van der Waals surface area (Å²) in [5.74, 6) is -1.27. The molecule has 0 aromatic heterocycles. The monoisotopic (exact) mass is 500 g/mol. The van der Waals surface area contributed by atoms with Crippen LogP contribution >= 0.6 is 27.5 Å². The molecule has 0 spiro atoms. The van der Waals surface area contributed by atoms with Gasteiger partial charge in [-0.05, 0) is 60.7 Å². The summed E-state index contributed by atoms with van der Waals surface area (Å²) in [6, 6.07) is 18.5. The smallest absolute Gasteiger partial charge is 0.304 e. The molecule has 3 aromatic carbocycles. The SMILES string of the molecule is O=C(N[C@H]1C(=O)N/[N+](=C\c2ccc(Br)cc2)[C@@H]1c1ccc(Cl)cc1)c1ccc(F)cc1. The summed E-state index contributed by atoms with van der Waals surface area (Å²) in [4.78, 5) is 25.5. The number of amides is 2. The van der Waals surface area contributed by atoms with Crippen LogP contribution in [-0.4, -0.2) is 28.8 Å². The molecule has 0 bridgehead atoms. The van der Waals surface area contributed by atoms with Crippen molar-refractivity contribution in [3.8, 4) is 0 Å². The molecule has 5 nitrogen and oxygen atoms in total. The third kappa shape index (κ3) is 4.84. The van der Waals surface area contributed by atoms with Crippen LogP contribution in [0.25, 0.3) is 0 Å². The van der Waals surface area contributed by atoms with Gasteiger partial charge in [-0.2, -0.15) is 0 Å². The second-order valence-corrected chi connectivity index (χ2v) is 8.37. The minimum atomic E-state index is -0.870. The van der Waals surface area contributed by atoms with E-state index < -0.39 is 23.8 Å². The first kappa shape index (κ1) is 21.2. The van der Waals surface area contributed by atoms with Gasteiger partial charge in [-0.1, -0.05) is 39.7 Å². The van der Waals surface area contributed by atoms with Gasteiger partial charge in [-0.3, -0.25) is 9.59 Å². The average Bonchev–Trinajstić information content (AvgIpc) is 3.05. The molecule has 1 fully saturated rings. The van der Waals surface area contributed by atoms with Crippen LogP contribution in [0.5, 0.6) is 0 Å². The van der Waals surface area contributed by atoms with Gasteiger partial charge in [0.1, 0.15) is 5.82 Å². The Hall–Kier alpha value is -3.03. The van der Waals surface area contributed by atoms with E-state index in [1.807, 2.05) is 36.4 Å². The highest BCUT2D eigenvalue weighted by atomic mass is 79.9. The minimum absolute atomic E-state index is 0.263. The first-order valence-electron chi connectivity index (χ1n) is 9.42. The number of nitrogens with zero attached hydrogens (tertiary/aromatic N) is 1. The molecule has 2 N–H and O–H groups in total. The molecule has 0 radical (unpaired) electrons. The molecule has 8 heteroatoms. The molecular formula is C23H17BrClFN3O2+. The highest BCUT2D eigenvalue weighted by Crippen LogP contribution is 2.27. The Kier molecular flexibility index (Phi) is 6.15. The van der Waals surface area contributed by atoms with Crippen LogP contribution in [0.1, 0.15) is 27.5 Å². The standard InChI is InChI=1S/C23H16BrClFN3O2/c24-17-7-1-14(2-8-17)13-29-21(15-3-9-18(25)10-4-15)20(23(31)28-29)27-22(30)16-5-11-19(26)12-6-16/h1-13,20-21H,(H-,27,28,30,31)/p+1/b29-13-/t20-,21-/m1/s1. The number of nitrogens with one attached hydrogen (secondary N) is 2. The Labute approximate surface area is 191 Å². The van der Waals surface area contributed by atoms with Crippen LogP contribution in [0.2, 0.25) is 5.02 Å². The van der Waals surface area contributed by atoms with Crippen LogP contribution in [0.4, 0.5) is 4.39 Å². The van der Waals surface area contributed by atoms with Crippen molar-refractivity contribution in [2.24, 2.45) is 0 Å². The average molecular weight is 502 g/mol. The predicted octanol–water partition coefficient (Wildman–Crippen LogP) is 4.26. The van der Waals surface area contributed by atoms with Crippen molar-refractivity contribution in [3.05, 3.63) is 105 Å². The zero-order valence-electron chi connectivity index (χ0n) is 16.1. The zero-order chi connectivity index (χ0) is 22.0. The summed E-state index contributed by atoms with van der Waals surface area (Å²) < 4.78 is 15.8. The van der Waals surface area contributed by atoms with Crippen LogP contribution < -0.4 is 10.7 Å². The number of hydrogen-bond acceptors (Lipinski definition) is 2. The van der Waals surface area contributed by atoms with E-state index in [1.54, 1.807) is 23.0 Å². The summed E-state index contributed by atoms with van der Waals surface area (Å²) in [6.07, 6.45) is 1.80. The van der Waals surface area contributed by atoms with E-state index in [0.29, 0.717) is 5.02 Å². The molecule has 1 aliphatic rings. The molecule has 0 aliphatic carbocycles. The molecule has 0 unspecified atom stereocenters. The summed E-state index contributed by atoms with van der Waals surface area (Å²) in [6.45, 7) is 0. The summed E-state index contributed by atoms with van der Waals surface area (Å²) in [5, 5.41) is 3.34. The van der Waals surface area contributed by atoms with Crippen molar-refractivity contribution in [1.29, 1.82) is 0 Å². The molecule has 1 heterocycles. The summed E-state index contributed by atoms with van der Waals surface area (Å²) in [5.41, 5.74) is 4.74. The Morgan fingerprint density at radius 3 is 2.32 bits per heavy atom. The van der Waals surface area contributed by atoms with Gasteiger partial charge in [-0.25, -0.2) is 4.39 Å². The predicted molar refractivity (Wildman–Crippen MR) is 120 cm³/mol. The van der Waals surface area contributed by atoms with Gasteiger partial charge in [0, 0.05) is 26.2 Å². The minimum Gasteiger partial charge on any atom is -0.334 e. The van der Waals surface area contributed by atoms with Crippen molar-refractivity contribution in [2.45, 2.75) is 12.1 Å². The molecule has 2 amide bonds. The Bertz CT molecular complexity index is 1150. The second kappa shape index (κ2) is 8.99. The molecule has 4 rings (SSSR count). The lowest BCUT2D eigenvalue weighted by atomic mass is 10.00. The number of hydrazone groups is 1. The highest BCUT2D eigenvalue weighted by molar-refractivity contribution is 9.10. The summed E-state index contributed by atoms with van der Waals surface area (Å²) >= 11 is 9.44. The normalized spacial score (nSPS) is 19.3. The van der Waals surface area contributed by atoms with E-state index in [4.69, 9.17) is 11.6 Å². The van der Waals surface area contributed by atoms with Crippen molar-refractivity contribution in [2.75, 3.05) is 0 Å². The lowest BCUT2D eigenvalue weighted by molar-refractivity contribution is -0.596. The molecule has 1 aliphatic heterocycles. The van der Waals surface area contributed by atoms with Gasteiger partial charge in [0.25, 0.3) is 5.91 Å². The third-order valence-electron chi connectivity index (χ3n) is 4.90. The summed E-state index contributed by atoms with van der Waals surface area (Å²) in [7, 11) is 0. The maximum Gasteiger partial charge on any atom is 0.304 e. The van der Waals surface area contributed by atoms with E-state index >= 15 is 0 Å². The fraction of sp³-hybridized carbons (Fsp3) is 0.0870. The number of benzene rings is 3. The maximum absolute atomic E-state index is 13.2. The molecule has 0 saturated carbocycles. The van der Waals surface area contributed by atoms with Gasteiger partial charge < -0.3 is 5.32 Å². The number of carbonyl (C=O) groups is 2. The van der Waals surface area contributed by atoms with Gasteiger partial charge in [-0.15, -0.1) is 10.1 Å². The maximum atomic E-state index is 13.2. The fourth-order valence-electron chi connectivity index (χ4n) is 3.38. The van der Waals surface area contributed by atoms with E-state index in [-0.39, 0.29) is 11.5 Å². The zero-order valence-corrected chi connectivity index (χ0v) is 18.4. The highest BCUT2D eigenvalue weighted by Gasteiger charge is 2.47. The number of carbonyl (C=O) groups excluding carboxylic acids is 2. The first-order valence-corrected chi connectivity index (χ1v) is 10.6. The molecule has 1 saturated heterocycles. The number of rotatable bonds is 4. The first-order chi connectivity index (χ1) is 14.9. The molecular weight excluding hydrogens is 485 g/mol. The molecule has 3 aromatic rings. The van der Waals surface area contributed by atoms with Crippen LogP contribution in [-0.2, 0) is 4.79 Å². The van der Waals surface area contributed by atoms with Crippen LogP contribution in [0.3, 0.4) is 0 Å². The van der Waals surface area contributed by atoms with Crippen LogP contribution in [0.15, 0.2) is 77.3 Å². The van der Waals surface area contributed by atoms with Crippen molar-refractivity contribution in [3.63, 3.8) is 0 Å². The van der Waals surface area contributed by atoms with Crippen molar-refractivity contribution in [1.82, 2.24) is 10.7 Å². The van der Waals surface area contributed by atoms with E-state index in [0.717, 1.165) is 15.6 Å². The van der Waals surface area contributed by atoms with Crippen molar-refractivity contribution < 1.29 is 18.7 Å². The Morgan fingerprint density at radius 2 is 1.68 bits per heavy atom. The molecule has 31 heavy (non-hydrogen) atoms. The Balaban J connectivity index is 1.69. The van der Waals surface area contributed by atoms with E-state index in [9.17, 15) is 14.0 Å². The topological polar surface area (TPSA) is 61.2 Å².